The largest absolute Gasteiger partial charge is 0.389 e. The molecule has 1 aliphatic rings. The van der Waals surface area contributed by atoms with E-state index in [-0.39, 0.29) is 18.7 Å². The van der Waals surface area contributed by atoms with Gasteiger partial charge in [0.25, 0.3) is 0 Å². The number of carbonyl (C=O) groups excluding carboxylic acids is 1. The van der Waals surface area contributed by atoms with E-state index in [0.29, 0.717) is 24.0 Å². The number of alkyl halides is 3. The molecule has 0 aliphatic carbocycles. The molecule has 1 amide bonds. The van der Waals surface area contributed by atoms with Gasteiger partial charge in [-0.1, -0.05) is 11.6 Å². The first-order chi connectivity index (χ1) is 10.3. The number of nitrogens with zero attached hydrogens (tertiary/aromatic N) is 2. The smallest absolute Gasteiger partial charge is 0.343 e. The maximum absolute atomic E-state index is 12.1. The first-order valence-electron chi connectivity index (χ1n) is 7.30. The topological polar surface area (TPSA) is 33.2 Å². The van der Waals surface area contributed by atoms with Gasteiger partial charge >= 0.3 is 6.18 Å². The van der Waals surface area contributed by atoms with Crippen LogP contribution < -0.4 is 0 Å². The fourth-order valence-corrected chi connectivity index (χ4v) is 2.89. The predicted octanol–water partition coefficient (Wildman–Crippen LogP) is 4.17. The quantitative estimate of drug-likeness (QED) is 0.827. The zero-order chi connectivity index (χ0) is 16.2. The number of likely N-dealkylation sites (tertiary alicyclic amines) is 1. The summed E-state index contributed by atoms with van der Waals surface area (Å²) in [7, 11) is 0. The maximum Gasteiger partial charge on any atom is 0.389 e. The molecule has 1 aliphatic heterocycles. The number of aromatic nitrogens is 1. The number of pyridine rings is 1. The summed E-state index contributed by atoms with van der Waals surface area (Å²) in [5, 5.41) is 0.586. The molecule has 2 rings (SSSR count). The second-order valence-electron chi connectivity index (χ2n) is 5.56. The highest BCUT2D eigenvalue weighted by molar-refractivity contribution is 6.30. The summed E-state index contributed by atoms with van der Waals surface area (Å²) >= 11 is 5.92. The second-order valence-corrected chi connectivity index (χ2v) is 6.00. The highest BCUT2D eigenvalue weighted by Crippen LogP contribution is 2.29. The molecule has 3 nitrogen and oxygen atoms in total. The van der Waals surface area contributed by atoms with Gasteiger partial charge in [0.15, 0.2) is 0 Å². The Bertz CT molecular complexity index is 514. The summed E-state index contributed by atoms with van der Waals surface area (Å²) in [6, 6.07) is 1.88. The second kappa shape index (κ2) is 7.31. The van der Waals surface area contributed by atoms with E-state index in [1.165, 1.54) is 0 Å². The first-order valence-corrected chi connectivity index (χ1v) is 7.68. The monoisotopic (exact) mass is 334 g/mol. The molecule has 0 N–H and O–H groups in total. The van der Waals surface area contributed by atoms with Crippen LogP contribution in [0, 0.1) is 0 Å². The summed E-state index contributed by atoms with van der Waals surface area (Å²) in [6.07, 6.45) is -0.346. The molecular formula is C15H18ClF3N2O. The van der Waals surface area contributed by atoms with E-state index in [2.05, 4.69) is 4.98 Å². The lowest BCUT2D eigenvalue weighted by atomic mass is 9.90. The van der Waals surface area contributed by atoms with Crippen LogP contribution in [0.25, 0.3) is 0 Å². The van der Waals surface area contributed by atoms with E-state index in [9.17, 15) is 18.0 Å². The van der Waals surface area contributed by atoms with Crippen LogP contribution in [0.3, 0.4) is 0 Å². The fraction of sp³-hybridized carbons (Fsp3) is 0.600. The molecule has 22 heavy (non-hydrogen) atoms. The molecule has 1 aromatic heterocycles. The molecule has 2 heterocycles. The highest BCUT2D eigenvalue weighted by Gasteiger charge is 2.28. The standard InChI is InChI=1S/C15H18ClF3N2O/c16-13-8-12(9-20-10-13)11-3-6-21(7-4-11)14(22)2-1-5-15(17,18)19/h8-11H,1-7H2. The van der Waals surface area contributed by atoms with E-state index in [1.54, 1.807) is 17.3 Å². The lowest BCUT2D eigenvalue weighted by molar-refractivity contribution is -0.140. The third-order valence-electron chi connectivity index (χ3n) is 3.90. The minimum Gasteiger partial charge on any atom is -0.343 e. The van der Waals surface area contributed by atoms with Gasteiger partial charge in [0.05, 0.1) is 5.02 Å². The van der Waals surface area contributed by atoms with Crippen molar-refractivity contribution >= 4 is 17.5 Å². The number of halogens is 4. The van der Waals surface area contributed by atoms with Gasteiger partial charge in [-0.25, -0.2) is 0 Å². The molecule has 122 valence electrons. The summed E-state index contributed by atoms with van der Waals surface area (Å²) in [5.41, 5.74) is 1.05. The Morgan fingerprint density at radius 1 is 1.32 bits per heavy atom. The summed E-state index contributed by atoms with van der Waals surface area (Å²) < 4.78 is 36.2. The lowest BCUT2D eigenvalue weighted by Gasteiger charge is -2.32. The Kier molecular flexibility index (Phi) is 5.67. The number of amides is 1. The van der Waals surface area contributed by atoms with Crippen molar-refractivity contribution in [1.82, 2.24) is 9.88 Å². The third kappa shape index (κ3) is 5.16. The minimum absolute atomic E-state index is 0.0388. The predicted molar refractivity (Wildman–Crippen MR) is 77.7 cm³/mol. The fourth-order valence-electron chi connectivity index (χ4n) is 2.71. The molecule has 0 bridgehead atoms. The van der Waals surface area contributed by atoms with Crippen LogP contribution in [0.5, 0.6) is 0 Å². The Hall–Kier alpha value is -1.30. The summed E-state index contributed by atoms with van der Waals surface area (Å²) in [4.78, 5) is 17.6. The normalized spacial score (nSPS) is 16.8. The first kappa shape index (κ1) is 17.1. The van der Waals surface area contributed by atoms with Crippen LogP contribution in [0.1, 0.15) is 43.6 Å². The zero-order valence-electron chi connectivity index (χ0n) is 12.1. The van der Waals surface area contributed by atoms with Crippen molar-refractivity contribution in [2.75, 3.05) is 13.1 Å². The molecule has 0 spiro atoms. The van der Waals surface area contributed by atoms with Gasteiger partial charge in [0.2, 0.25) is 5.91 Å². The van der Waals surface area contributed by atoms with Crippen molar-refractivity contribution in [1.29, 1.82) is 0 Å². The van der Waals surface area contributed by atoms with Gasteiger partial charge in [0, 0.05) is 38.3 Å². The van der Waals surface area contributed by atoms with Crippen LogP contribution in [0.4, 0.5) is 13.2 Å². The molecular weight excluding hydrogens is 317 g/mol. The molecule has 0 unspecified atom stereocenters. The van der Waals surface area contributed by atoms with Crippen molar-refractivity contribution in [2.24, 2.45) is 0 Å². The van der Waals surface area contributed by atoms with Crippen molar-refractivity contribution < 1.29 is 18.0 Å². The Labute approximate surface area is 132 Å². The van der Waals surface area contributed by atoms with Crippen molar-refractivity contribution in [3.63, 3.8) is 0 Å². The van der Waals surface area contributed by atoms with E-state index in [1.807, 2.05) is 6.07 Å². The number of hydrogen-bond donors (Lipinski definition) is 0. The third-order valence-corrected chi connectivity index (χ3v) is 4.10. The van der Waals surface area contributed by atoms with Gasteiger partial charge in [-0.05, 0) is 36.8 Å². The van der Waals surface area contributed by atoms with Gasteiger partial charge < -0.3 is 4.90 Å². The van der Waals surface area contributed by atoms with E-state index in [4.69, 9.17) is 11.6 Å². The summed E-state index contributed by atoms with van der Waals surface area (Å²) in [5.74, 6) is 0.109. The van der Waals surface area contributed by atoms with E-state index in [0.717, 1.165) is 18.4 Å². The molecule has 7 heteroatoms. The lowest BCUT2D eigenvalue weighted by Crippen LogP contribution is -2.37. The number of hydrogen-bond acceptors (Lipinski definition) is 2. The molecule has 1 saturated heterocycles. The summed E-state index contributed by atoms with van der Waals surface area (Å²) in [6.45, 7) is 1.14. The number of carbonyl (C=O) groups is 1. The number of piperidine rings is 1. The van der Waals surface area contributed by atoms with Crippen molar-refractivity contribution in [3.8, 4) is 0 Å². The van der Waals surface area contributed by atoms with Crippen molar-refractivity contribution in [3.05, 3.63) is 29.0 Å². The Balaban J connectivity index is 1.78. The minimum atomic E-state index is -4.19. The molecule has 1 fully saturated rings. The van der Waals surface area contributed by atoms with Crippen LogP contribution in [0.2, 0.25) is 5.02 Å². The molecule has 0 saturated carbocycles. The van der Waals surface area contributed by atoms with Gasteiger partial charge in [-0.2, -0.15) is 13.2 Å². The van der Waals surface area contributed by atoms with Crippen LogP contribution in [0.15, 0.2) is 18.5 Å². The highest BCUT2D eigenvalue weighted by atomic mass is 35.5. The van der Waals surface area contributed by atoms with Gasteiger partial charge in [0.1, 0.15) is 0 Å². The number of rotatable bonds is 4. The van der Waals surface area contributed by atoms with Crippen LogP contribution >= 0.6 is 11.6 Å². The molecule has 0 aromatic carbocycles. The zero-order valence-corrected chi connectivity index (χ0v) is 12.8. The van der Waals surface area contributed by atoms with Crippen LogP contribution in [-0.2, 0) is 4.79 Å². The Morgan fingerprint density at radius 2 is 2.00 bits per heavy atom. The SMILES string of the molecule is O=C(CCCC(F)(F)F)N1CCC(c2cncc(Cl)c2)CC1. The van der Waals surface area contributed by atoms with Crippen molar-refractivity contribution in [2.45, 2.75) is 44.2 Å². The van der Waals surface area contributed by atoms with E-state index < -0.39 is 12.6 Å². The average Bonchev–Trinajstić information content (AvgIpc) is 2.46. The van der Waals surface area contributed by atoms with Crippen LogP contribution in [-0.4, -0.2) is 35.1 Å². The maximum atomic E-state index is 12.1. The van der Waals surface area contributed by atoms with E-state index >= 15 is 0 Å². The van der Waals surface area contributed by atoms with Gasteiger partial charge in [-0.3, -0.25) is 9.78 Å². The molecule has 0 atom stereocenters. The molecule has 1 aromatic rings. The Morgan fingerprint density at radius 3 is 2.59 bits per heavy atom. The average molecular weight is 335 g/mol. The van der Waals surface area contributed by atoms with Gasteiger partial charge in [-0.15, -0.1) is 0 Å². The molecule has 0 radical (unpaired) electrons.